The fourth-order valence-electron chi connectivity index (χ4n) is 3.52. The second kappa shape index (κ2) is 3.69. The van der Waals surface area contributed by atoms with Crippen LogP contribution in [-0.2, 0) is 14.3 Å². The van der Waals surface area contributed by atoms with Gasteiger partial charge < -0.3 is 14.4 Å². The fourth-order valence-corrected chi connectivity index (χ4v) is 3.52. The smallest absolute Gasteiger partial charge is 0.226 e. The van der Waals surface area contributed by atoms with Crippen molar-refractivity contribution < 1.29 is 14.3 Å². The van der Waals surface area contributed by atoms with Crippen LogP contribution in [0, 0.1) is 5.92 Å². The summed E-state index contributed by atoms with van der Waals surface area (Å²) in [4.78, 5) is 14.2. The van der Waals surface area contributed by atoms with Crippen LogP contribution in [0.3, 0.4) is 0 Å². The number of carbonyl (C=O) groups excluding carboxylic acids is 1. The molecule has 0 spiro atoms. The van der Waals surface area contributed by atoms with E-state index in [9.17, 15) is 4.79 Å². The van der Waals surface area contributed by atoms with Gasteiger partial charge in [-0.3, -0.25) is 4.79 Å². The molecule has 0 aliphatic carbocycles. The van der Waals surface area contributed by atoms with Crippen LogP contribution in [0.5, 0.6) is 0 Å². The molecule has 3 aliphatic rings. The predicted octanol–water partition coefficient (Wildman–Crippen LogP) is 1.54. The molecule has 0 aromatic carbocycles. The van der Waals surface area contributed by atoms with Crippen LogP contribution in [0.2, 0.25) is 0 Å². The van der Waals surface area contributed by atoms with E-state index in [1.807, 2.05) is 18.7 Å². The van der Waals surface area contributed by atoms with Crippen molar-refractivity contribution in [2.75, 3.05) is 6.54 Å². The van der Waals surface area contributed by atoms with E-state index < -0.39 is 5.79 Å². The molecule has 3 rings (SSSR count). The number of amides is 1. The third-order valence-electron chi connectivity index (χ3n) is 4.31. The highest BCUT2D eigenvalue weighted by atomic mass is 16.8. The van der Waals surface area contributed by atoms with Gasteiger partial charge in [0.05, 0.1) is 12.6 Å². The Bertz CT molecular complexity index is 342. The number of rotatable bonds is 1. The molecular weight excluding hydrogens is 218 g/mol. The Morgan fingerprint density at radius 3 is 2.82 bits per heavy atom. The lowest BCUT2D eigenvalue weighted by Gasteiger charge is -2.36. The zero-order valence-corrected chi connectivity index (χ0v) is 10.8. The van der Waals surface area contributed by atoms with Gasteiger partial charge in [0.1, 0.15) is 12.2 Å². The van der Waals surface area contributed by atoms with E-state index in [0.29, 0.717) is 12.5 Å². The first-order chi connectivity index (χ1) is 8.02. The fraction of sp³-hybridized carbons (Fsp3) is 0.923. The molecule has 1 amide bonds. The van der Waals surface area contributed by atoms with Crippen LogP contribution >= 0.6 is 0 Å². The van der Waals surface area contributed by atoms with Crippen molar-refractivity contribution >= 4 is 5.91 Å². The zero-order chi connectivity index (χ0) is 12.2. The van der Waals surface area contributed by atoms with Gasteiger partial charge >= 0.3 is 0 Å². The van der Waals surface area contributed by atoms with Gasteiger partial charge in [-0.25, -0.2) is 0 Å². The Hall–Kier alpha value is -0.610. The monoisotopic (exact) mass is 239 g/mol. The Balaban J connectivity index is 1.78. The van der Waals surface area contributed by atoms with Gasteiger partial charge in [-0.2, -0.15) is 0 Å². The topological polar surface area (TPSA) is 38.8 Å². The average Bonchev–Trinajstić information content (AvgIpc) is 2.72. The molecule has 0 aromatic heterocycles. The molecule has 3 saturated heterocycles. The molecule has 0 aromatic rings. The van der Waals surface area contributed by atoms with Gasteiger partial charge in [0.25, 0.3) is 0 Å². The van der Waals surface area contributed by atoms with Crippen molar-refractivity contribution in [1.29, 1.82) is 0 Å². The Morgan fingerprint density at radius 1 is 1.35 bits per heavy atom. The van der Waals surface area contributed by atoms with Crippen LogP contribution in [0.15, 0.2) is 0 Å². The number of nitrogens with zero attached hydrogens (tertiary/aromatic N) is 1. The minimum absolute atomic E-state index is 0.0783. The molecule has 3 heterocycles. The van der Waals surface area contributed by atoms with Crippen LogP contribution < -0.4 is 0 Å². The third kappa shape index (κ3) is 1.69. The highest BCUT2D eigenvalue weighted by Crippen LogP contribution is 2.41. The largest absolute Gasteiger partial charge is 0.343 e. The summed E-state index contributed by atoms with van der Waals surface area (Å²) in [5.41, 5.74) is 0. The van der Waals surface area contributed by atoms with Crippen LogP contribution in [0.25, 0.3) is 0 Å². The van der Waals surface area contributed by atoms with Gasteiger partial charge in [0.2, 0.25) is 5.91 Å². The Morgan fingerprint density at radius 2 is 2.12 bits per heavy atom. The average molecular weight is 239 g/mol. The summed E-state index contributed by atoms with van der Waals surface area (Å²) in [6, 6.07) is 0.247. The SMILES string of the molecule is CCC1CCC2C3OC(C)(C)OC3CN2C1=O. The van der Waals surface area contributed by atoms with Gasteiger partial charge in [0.15, 0.2) is 5.79 Å². The second-order valence-corrected chi connectivity index (χ2v) is 5.88. The van der Waals surface area contributed by atoms with E-state index in [1.54, 1.807) is 0 Å². The second-order valence-electron chi connectivity index (χ2n) is 5.88. The van der Waals surface area contributed by atoms with Crippen molar-refractivity contribution in [3.63, 3.8) is 0 Å². The van der Waals surface area contributed by atoms with Crippen molar-refractivity contribution in [3.05, 3.63) is 0 Å². The summed E-state index contributed by atoms with van der Waals surface area (Å²) in [7, 11) is 0. The highest BCUT2D eigenvalue weighted by molar-refractivity contribution is 5.80. The lowest BCUT2D eigenvalue weighted by atomic mass is 9.90. The van der Waals surface area contributed by atoms with E-state index in [1.165, 1.54) is 0 Å². The standard InChI is InChI=1S/C13H21NO3/c1-4-8-5-6-9-11-10(7-14(9)12(8)15)16-13(2,3)17-11/h8-11H,4-7H2,1-3H3. The normalized spacial score (nSPS) is 43.7. The van der Waals surface area contributed by atoms with E-state index in [0.717, 1.165) is 19.3 Å². The van der Waals surface area contributed by atoms with Crippen LogP contribution in [0.4, 0.5) is 0 Å². The lowest BCUT2D eigenvalue weighted by Crippen LogP contribution is -2.48. The summed E-state index contributed by atoms with van der Waals surface area (Å²) in [5, 5.41) is 0. The maximum absolute atomic E-state index is 12.2. The number of ether oxygens (including phenoxy) is 2. The number of hydrogen-bond acceptors (Lipinski definition) is 3. The highest BCUT2D eigenvalue weighted by Gasteiger charge is 2.55. The molecule has 0 radical (unpaired) electrons. The summed E-state index contributed by atoms with van der Waals surface area (Å²) in [6.45, 7) is 6.72. The molecular formula is C13H21NO3. The first-order valence-corrected chi connectivity index (χ1v) is 6.68. The molecule has 4 heteroatoms. The molecule has 3 aliphatic heterocycles. The maximum Gasteiger partial charge on any atom is 0.226 e. The van der Waals surface area contributed by atoms with Crippen molar-refractivity contribution in [2.24, 2.45) is 5.92 Å². The van der Waals surface area contributed by atoms with Gasteiger partial charge in [-0.15, -0.1) is 0 Å². The first kappa shape index (κ1) is 11.5. The molecule has 4 nitrogen and oxygen atoms in total. The summed E-state index contributed by atoms with van der Waals surface area (Å²) in [6.07, 6.45) is 3.18. The first-order valence-electron chi connectivity index (χ1n) is 6.68. The molecule has 0 bridgehead atoms. The number of hydrogen-bond donors (Lipinski definition) is 0. The molecule has 4 atom stereocenters. The van der Waals surface area contributed by atoms with Crippen LogP contribution in [0.1, 0.15) is 40.0 Å². The van der Waals surface area contributed by atoms with Crippen molar-refractivity contribution in [1.82, 2.24) is 4.90 Å². The summed E-state index contributed by atoms with van der Waals surface area (Å²) >= 11 is 0. The quantitative estimate of drug-likeness (QED) is 0.696. The number of piperidine rings is 1. The molecule has 4 unspecified atom stereocenters. The predicted molar refractivity (Wildman–Crippen MR) is 62.3 cm³/mol. The molecule has 0 N–H and O–H groups in total. The van der Waals surface area contributed by atoms with E-state index in [-0.39, 0.29) is 24.2 Å². The van der Waals surface area contributed by atoms with Crippen molar-refractivity contribution in [2.45, 2.75) is 64.1 Å². The van der Waals surface area contributed by atoms with E-state index in [4.69, 9.17) is 9.47 Å². The molecule has 0 saturated carbocycles. The van der Waals surface area contributed by atoms with E-state index >= 15 is 0 Å². The van der Waals surface area contributed by atoms with Gasteiger partial charge in [0, 0.05) is 5.92 Å². The number of carbonyl (C=O) groups is 1. The van der Waals surface area contributed by atoms with Crippen LogP contribution in [-0.4, -0.2) is 41.4 Å². The third-order valence-corrected chi connectivity index (χ3v) is 4.31. The maximum atomic E-state index is 12.2. The Labute approximate surface area is 102 Å². The Kier molecular flexibility index (Phi) is 2.49. The number of fused-ring (bicyclic) bond motifs is 3. The minimum Gasteiger partial charge on any atom is -0.343 e. The minimum atomic E-state index is -0.480. The summed E-state index contributed by atoms with van der Waals surface area (Å²) < 4.78 is 11.8. The zero-order valence-electron chi connectivity index (χ0n) is 10.8. The van der Waals surface area contributed by atoms with Gasteiger partial charge in [-0.1, -0.05) is 6.92 Å². The molecule has 3 fully saturated rings. The van der Waals surface area contributed by atoms with E-state index in [2.05, 4.69) is 6.92 Å². The lowest BCUT2D eigenvalue weighted by molar-refractivity contribution is -0.171. The molecule has 17 heavy (non-hydrogen) atoms. The molecule has 96 valence electrons. The van der Waals surface area contributed by atoms with Gasteiger partial charge in [-0.05, 0) is 33.1 Å². The summed E-state index contributed by atoms with van der Waals surface area (Å²) in [5.74, 6) is 0.0488. The van der Waals surface area contributed by atoms with Crippen molar-refractivity contribution in [3.8, 4) is 0 Å².